The van der Waals surface area contributed by atoms with Crippen LogP contribution in [0, 0.1) is 0 Å². The van der Waals surface area contributed by atoms with Crippen molar-refractivity contribution in [3.63, 3.8) is 0 Å². The van der Waals surface area contributed by atoms with Crippen molar-refractivity contribution in [3.05, 3.63) is 82.9 Å². The first-order valence-electron chi connectivity index (χ1n) is 8.04. The van der Waals surface area contributed by atoms with Gasteiger partial charge in [0.15, 0.2) is 0 Å². The molecule has 0 aromatic heterocycles. The van der Waals surface area contributed by atoms with Crippen LogP contribution in [0.3, 0.4) is 0 Å². The van der Waals surface area contributed by atoms with Gasteiger partial charge >= 0.3 is 11.9 Å². The second kappa shape index (κ2) is 9.23. The molecule has 0 amide bonds. The van der Waals surface area contributed by atoms with E-state index in [9.17, 15) is 19.8 Å². The number of carbonyl (C=O) groups is 2. The van der Waals surface area contributed by atoms with E-state index in [0.29, 0.717) is 19.3 Å². The summed E-state index contributed by atoms with van der Waals surface area (Å²) in [6, 6.07) is 18.4. The lowest BCUT2D eigenvalue weighted by Crippen LogP contribution is -2.04. The Hall–Kier alpha value is -3.14. The first-order chi connectivity index (χ1) is 12.1. The number of carboxylic acid groups (broad SMARTS) is 2. The van der Waals surface area contributed by atoms with Gasteiger partial charge < -0.3 is 10.2 Å². The molecule has 0 spiro atoms. The Morgan fingerprint density at radius 2 is 1.04 bits per heavy atom. The summed E-state index contributed by atoms with van der Waals surface area (Å²) in [5.74, 6) is -1.96. The van der Waals surface area contributed by atoms with Gasteiger partial charge in [-0.05, 0) is 42.5 Å². The number of rotatable bonds is 8. The van der Waals surface area contributed by atoms with Gasteiger partial charge in [-0.3, -0.25) is 0 Å². The molecule has 0 unspecified atom stereocenters. The van der Waals surface area contributed by atoms with Crippen LogP contribution in [0.2, 0.25) is 0 Å². The lowest BCUT2D eigenvalue weighted by Gasteiger charge is -2.05. The van der Waals surface area contributed by atoms with Crippen molar-refractivity contribution in [2.24, 2.45) is 0 Å². The molecule has 25 heavy (non-hydrogen) atoms. The van der Waals surface area contributed by atoms with E-state index in [1.165, 1.54) is 0 Å². The molecular weight excluding hydrogens is 316 g/mol. The van der Waals surface area contributed by atoms with Crippen LogP contribution in [-0.4, -0.2) is 22.2 Å². The van der Waals surface area contributed by atoms with Crippen LogP contribution in [0.4, 0.5) is 0 Å². The van der Waals surface area contributed by atoms with Crippen LogP contribution in [-0.2, 0) is 9.59 Å². The molecule has 0 fully saturated rings. The SMILES string of the molecule is O=C(O)C(=Cc1ccccc1)CCCC(=Cc1ccccc1)C(=O)O. The summed E-state index contributed by atoms with van der Waals surface area (Å²) < 4.78 is 0. The van der Waals surface area contributed by atoms with Crippen LogP contribution in [0.25, 0.3) is 12.2 Å². The molecule has 0 heterocycles. The molecule has 2 rings (SSSR count). The maximum atomic E-state index is 11.4. The number of hydrogen-bond acceptors (Lipinski definition) is 2. The normalized spacial score (nSPS) is 12.0. The molecule has 4 heteroatoms. The first-order valence-corrected chi connectivity index (χ1v) is 8.04. The third kappa shape index (κ3) is 6.11. The van der Waals surface area contributed by atoms with Gasteiger partial charge in [0, 0.05) is 11.1 Å². The molecule has 0 radical (unpaired) electrons. The highest BCUT2D eigenvalue weighted by molar-refractivity contribution is 5.93. The third-order valence-corrected chi connectivity index (χ3v) is 3.72. The van der Waals surface area contributed by atoms with Crippen LogP contribution in [0.1, 0.15) is 30.4 Å². The lowest BCUT2D eigenvalue weighted by molar-refractivity contribution is -0.133. The standard InChI is InChI=1S/C21H20O4/c22-20(23)18(14-16-8-3-1-4-9-16)12-7-13-19(21(24)25)15-17-10-5-2-6-11-17/h1-6,8-11,14-15H,7,12-13H2,(H,22,23)(H,24,25). The Morgan fingerprint density at radius 3 is 1.36 bits per heavy atom. The van der Waals surface area contributed by atoms with Gasteiger partial charge in [-0.25, -0.2) is 9.59 Å². The molecule has 0 aliphatic heterocycles. The summed E-state index contributed by atoms with van der Waals surface area (Å²) in [7, 11) is 0. The van der Waals surface area contributed by atoms with Crippen molar-refractivity contribution in [1.29, 1.82) is 0 Å². The van der Waals surface area contributed by atoms with Gasteiger partial charge in [-0.2, -0.15) is 0 Å². The zero-order valence-electron chi connectivity index (χ0n) is 13.8. The van der Waals surface area contributed by atoms with E-state index in [4.69, 9.17) is 0 Å². The van der Waals surface area contributed by atoms with E-state index >= 15 is 0 Å². The minimum absolute atomic E-state index is 0.274. The van der Waals surface area contributed by atoms with Crippen molar-refractivity contribution in [2.75, 3.05) is 0 Å². The van der Waals surface area contributed by atoms with Crippen molar-refractivity contribution in [1.82, 2.24) is 0 Å². The summed E-state index contributed by atoms with van der Waals surface area (Å²) in [6.07, 6.45) is 4.33. The molecule has 4 nitrogen and oxygen atoms in total. The van der Waals surface area contributed by atoms with Gasteiger partial charge in [-0.15, -0.1) is 0 Å². The van der Waals surface area contributed by atoms with Crippen LogP contribution >= 0.6 is 0 Å². The Kier molecular flexibility index (Phi) is 6.72. The van der Waals surface area contributed by atoms with Crippen molar-refractivity contribution in [3.8, 4) is 0 Å². The zero-order chi connectivity index (χ0) is 18.1. The summed E-state index contributed by atoms with van der Waals surface area (Å²) in [5, 5.41) is 18.7. The van der Waals surface area contributed by atoms with Gasteiger partial charge in [-0.1, -0.05) is 60.7 Å². The topological polar surface area (TPSA) is 74.6 Å². The summed E-state index contributed by atoms with van der Waals surface area (Å²) in [6.45, 7) is 0. The number of aliphatic carboxylic acids is 2. The number of carboxylic acids is 2. The van der Waals surface area contributed by atoms with Crippen LogP contribution in [0.15, 0.2) is 71.8 Å². The van der Waals surface area contributed by atoms with E-state index in [-0.39, 0.29) is 11.1 Å². The highest BCUT2D eigenvalue weighted by atomic mass is 16.4. The Morgan fingerprint density at radius 1 is 0.680 bits per heavy atom. The fraction of sp³-hybridized carbons (Fsp3) is 0.143. The van der Waals surface area contributed by atoms with Crippen molar-refractivity contribution in [2.45, 2.75) is 19.3 Å². The van der Waals surface area contributed by atoms with E-state index in [1.54, 1.807) is 12.2 Å². The monoisotopic (exact) mass is 336 g/mol. The van der Waals surface area contributed by atoms with Gasteiger partial charge in [0.05, 0.1) is 0 Å². The lowest BCUT2D eigenvalue weighted by atomic mass is 10.0. The molecule has 0 aliphatic carbocycles. The van der Waals surface area contributed by atoms with Gasteiger partial charge in [0.2, 0.25) is 0 Å². The summed E-state index contributed by atoms with van der Waals surface area (Å²) in [4.78, 5) is 22.8. The molecular formula is C21H20O4. The van der Waals surface area contributed by atoms with Gasteiger partial charge in [0.1, 0.15) is 0 Å². The average molecular weight is 336 g/mol. The minimum Gasteiger partial charge on any atom is -0.478 e. The van der Waals surface area contributed by atoms with Gasteiger partial charge in [0.25, 0.3) is 0 Å². The molecule has 2 N–H and O–H groups in total. The molecule has 0 saturated carbocycles. The average Bonchev–Trinajstić information content (AvgIpc) is 2.61. The summed E-state index contributed by atoms with van der Waals surface area (Å²) >= 11 is 0. The zero-order valence-corrected chi connectivity index (χ0v) is 13.8. The van der Waals surface area contributed by atoms with Crippen molar-refractivity contribution >= 4 is 24.1 Å². The molecule has 2 aromatic carbocycles. The maximum Gasteiger partial charge on any atom is 0.331 e. The molecule has 0 bridgehead atoms. The maximum absolute atomic E-state index is 11.4. The summed E-state index contributed by atoms with van der Waals surface area (Å²) in [5.41, 5.74) is 2.18. The first kappa shape index (κ1) is 18.2. The predicted molar refractivity (Wildman–Crippen MR) is 98.0 cm³/mol. The molecule has 0 aliphatic rings. The Labute approximate surface area is 146 Å². The fourth-order valence-corrected chi connectivity index (χ4v) is 2.45. The smallest absolute Gasteiger partial charge is 0.331 e. The molecule has 0 atom stereocenters. The predicted octanol–water partition coefficient (Wildman–Crippen LogP) is 4.49. The molecule has 2 aromatic rings. The van der Waals surface area contributed by atoms with Crippen LogP contribution in [0.5, 0.6) is 0 Å². The largest absolute Gasteiger partial charge is 0.478 e. The van der Waals surface area contributed by atoms with E-state index in [0.717, 1.165) is 11.1 Å². The second-order valence-electron chi connectivity index (χ2n) is 5.62. The third-order valence-electron chi connectivity index (χ3n) is 3.72. The van der Waals surface area contributed by atoms with Crippen LogP contribution < -0.4 is 0 Å². The molecule has 128 valence electrons. The quantitative estimate of drug-likeness (QED) is 0.696. The van der Waals surface area contributed by atoms with Crippen molar-refractivity contribution < 1.29 is 19.8 Å². The molecule has 0 saturated heterocycles. The highest BCUT2D eigenvalue weighted by Crippen LogP contribution is 2.18. The highest BCUT2D eigenvalue weighted by Gasteiger charge is 2.11. The Bertz CT molecular complexity index is 707. The van der Waals surface area contributed by atoms with E-state index < -0.39 is 11.9 Å². The number of benzene rings is 2. The van der Waals surface area contributed by atoms with E-state index in [2.05, 4.69) is 0 Å². The fourth-order valence-electron chi connectivity index (χ4n) is 2.45. The van der Waals surface area contributed by atoms with E-state index in [1.807, 2.05) is 60.7 Å². The number of hydrogen-bond donors (Lipinski definition) is 2. The minimum atomic E-state index is -0.979. The Balaban J connectivity index is 2.05. The second-order valence-corrected chi connectivity index (χ2v) is 5.62.